The van der Waals surface area contributed by atoms with Crippen LogP contribution in [-0.2, 0) is 13.2 Å². The molecule has 108 valence electrons. The van der Waals surface area contributed by atoms with Gasteiger partial charge in [-0.3, -0.25) is 4.98 Å². The summed E-state index contributed by atoms with van der Waals surface area (Å²) in [4.78, 5) is 4.01. The fourth-order valence-electron chi connectivity index (χ4n) is 1.92. The minimum atomic E-state index is 0.427. The molecule has 0 saturated heterocycles. The van der Waals surface area contributed by atoms with Crippen LogP contribution in [0.25, 0.3) is 0 Å². The third-order valence-corrected chi connectivity index (χ3v) is 2.96. The maximum absolute atomic E-state index is 5.71. The molecule has 20 heavy (non-hydrogen) atoms. The zero-order valence-corrected chi connectivity index (χ0v) is 12.3. The molecule has 0 unspecified atom stereocenters. The van der Waals surface area contributed by atoms with E-state index in [1.165, 1.54) is 5.56 Å². The van der Waals surface area contributed by atoms with E-state index < -0.39 is 0 Å². The summed E-state index contributed by atoms with van der Waals surface area (Å²) in [6.45, 7) is 8.65. The number of nitrogens with one attached hydrogen (secondary N) is 1. The molecule has 0 fully saturated rings. The molecule has 0 aliphatic rings. The van der Waals surface area contributed by atoms with Gasteiger partial charge in [-0.25, -0.2) is 0 Å². The summed E-state index contributed by atoms with van der Waals surface area (Å²) in [7, 11) is 0. The molecular formula is C16H22N2O2. The van der Waals surface area contributed by atoms with Crippen LogP contribution in [0.15, 0.2) is 35.0 Å². The summed E-state index contributed by atoms with van der Waals surface area (Å²) in [5.74, 6) is 3.19. The van der Waals surface area contributed by atoms with Gasteiger partial charge in [0.2, 0.25) is 0 Å². The first-order valence-corrected chi connectivity index (χ1v) is 6.97. The van der Waals surface area contributed by atoms with Crippen LogP contribution in [0.2, 0.25) is 0 Å². The minimum absolute atomic E-state index is 0.427. The van der Waals surface area contributed by atoms with Crippen molar-refractivity contribution in [3.8, 4) is 5.75 Å². The second kappa shape index (κ2) is 7.10. The van der Waals surface area contributed by atoms with E-state index in [0.717, 1.165) is 30.4 Å². The van der Waals surface area contributed by atoms with Gasteiger partial charge < -0.3 is 14.5 Å². The lowest BCUT2D eigenvalue weighted by Crippen LogP contribution is -2.18. The van der Waals surface area contributed by atoms with Crippen molar-refractivity contribution in [2.45, 2.75) is 33.9 Å². The highest BCUT2D eigenvalue weighted by molar-refractivity contribution is 5.21. The van der Waals surface area contributed by atoms with Crippen LogP contribution in [0.4, 0.5) is 0 Å². The van der Waals surface area contributed by atoms with Gasteiger partial charge in [0.15, 0.2) is 0 Å². The predicted molar refractivity (Wildman–Crippen MR) is 78.6 cm³/mol. The summed E-state index contributed by atoms with van der Waals surface area (Å²) in [5, 5.41) is 3.42. The van der Waals surface area contributed by atoms with E-state index in [1.54, 1.807) is 12.4 Å². The van der Waals surface area contributed by atoms with Crippen LogP contribution in [-0.4, -0.2) is 11.5 Å². The summed E-state index contributed by atoms with van der Waals surface area (Å²) in [6.07, 6.45) is 3.42. The highest BCUT2D eigenvalue weighted by Crippen LogP contribution is 2.17. The smallest absolute Gasteiger partial charge is 0.146 e. The van der Waals surface area contributed by atoms with E-state index in [-0.39, 0.29) is 0 Å². The van der Waals surface area contributed by atoms with Gasteiger partial charge in [0.1, 0.15) is 23.9 Å². The highest BCUT2D eigenvalue weighted by atomic mass is 16.5. The van der Waals surface area contributed by atoms with E-state index in [0.29, 0.717) is 12.5 Å². The number of ether oxygens (including phenoxy) is 1. The van der Waals surface area contributed by atoms with Crippen LogP contribution in [0.1, 0.15) is 30.9 Å². The lowest BCUT2D eigenvalue weighted by Gasteiger charge is -2.05. The van der Waals surface area contributed by atoms with Gasteiger partial charge in [0.05, 0.1) is 6.20 Å². The number of aryl methyl sites for hydroxylation is 1. The largest absolute Gasteiger partial charge is 0.484 e. The second-order valence-electron chi connectivity index (χ2n) is 5.30. The van der Waals surface area contributed by atoms with Crippen LogP contribution in [0, 0.1) is 12.8 Å². The molecule has 0 bridgehead atoms. The summed E-state index contributed by atoms with van der Waals surface area (Å²) < 4.78 is 11.3. The van der Waals surface area contributed by atoms with Crippen molar-refractivity contribution in [2.75, 3.05) is 6.54 Å². The molecule has 4 heteroatoms. The summed E-state index contributed by atoms with van der Waals surface area (Å²) in [6, 6.07) is 5.79. The number of hydrogen-bond donors (Lipinski definition) is 1. The highest BCUT2D eigenvalue weighted by Gasteiger charge is 2.08. The predicted octanol–water partition coefficient (Wildman–Crippen LogP) is 3.31. The van der Waals surface area contributed by atoms with E-state index in [9.17, 15) is 0 Å². The number of hydrogen-bond acceptors (Lipinski definition) is 4. The molecule has 2 rings (SSSR count). The standard InChI is InChI=1S/C16H22N2O2/c1-12(2)8-18-9-14-7-16(20-13(14)3)11-19-15-5-4-6-17-10-15/h4-7,10,12,18H,8-9,11H2,1-3H3. The molecule has 1 N–H and O–H groups in total. The maximum atomic E-state index is 5.71. The molecule has 0 amide bonds. The van der Waals surface area contributed by atoms with Crippen molar-refractivity contribution in [3.63, 3.8) is 0 Å². The molecule has 2 aromatic heterocycles. The first-order valence-electron chi connectivity index (χ1n) is 6.97. The topological polar surface area (TPSA) is 47.3 Å². The van der Waals surface area contributed by atoms with Crippen molar-refractivity contribution in [1.82, 2.24) is 10.3 Å². The molecular weight excluding hydrogens is 252 g/mol. The minimum Gasteiger partial charge on any atom is -0.484 e. The quantitative estimate of drug-likeness (QED) is 0.841. The van der Waals surface area contributed by atoms with Crippen molar-refractivity contribution < 1.29 is 9.15 Å². The van der Waals surface area contributed by atoms with Crippen molar-refractivity contribution in [1.29, 1.82) is 0 Å². The Bertz CT molecular complexity index is 521. The Morgan fingerprint density at radius 3 is 2.95 bits per heavy atom. The van der Waals surface area contributed by atoms with E-state index in [2.05, 4.69) is 30.2 Å². The Hall–Kier alpha value is -1.81. The number of aromatic nitrogens is 1. The number of rotatable bonds is 7. The molecule has 0 radical (unpaired) electrons. The summed E-state index contributed by atoms with van der Waals surface area (Å²) >= 11 is 0. The molecule has 2 heterocycles. The van der Waals surface area contributed by atoms with Gasteiger partial charge in [0, 0.05) is 18.3 Å². The lowest BCUT2D eigenvalue weighted by molar-refractivity contribution is 0.266. The average molecular weight is 274 g/mol. The van der Waals surface area contributed by atoms with E-state index >= 15 is 0 Å². The zero-order chi connectivity index (χ0) is 14.4. The lowest BCUT2D eigenvalue weighted by atomic mass is 10.2. The number of furan rings is 1. The normalized spacial score (nSPS) is 11.0. The average Bonchev–Trinajstić information content (AvgIpc) is 2.78. The summed E-state index contributed by atoms with van der Waals surface area (Å²) in [5.41, 5.74) is 1.19. The van der Waals surface area contributed by atoms with Crippen LogP contribution in [0.3, 0.4) is 0 Å². The Morgan fingerprint density at radius 2 is 2.25 bits per heavy atom. The number of nitrogens with zero attached hydrogens (tertiary/aromatic N) is 1. The van der Waals surface area contributed by atoms with E-state index in [1.807, 2.05) is 19.1 Å². The third kappa shape index (κ3) is 4.38. The van der Waals surface area contributed by atoms with Gasteiger partial charge >= 0.3 is 0 Å². The van der Waals surface area contributed by atoms with Gasteiger partial charge in [-0.1, -0.05) is 13.8 Å². The van der Waals surface area contributed by atoms with E-state index in [4.69, 9.17) is 9.15 Å². The van der Waals surface area contributed by atoms with Crippen molar-refractivity contribution in [2.24, 2.45) is 5.92 Å². The Labute approximate surface area is 120 Å². The van der Waals surface area contributed by atoms with Gasteiger partial charge in [-0.2, -0.15) is 0 Å². The SMILES string of the molecule is Cc1oc(COc2cccnc2)cc1CNCC(C)C. The first kappa shape index (κ1) is 14.6. The fourth-order valence-corrected chi connectivity index (χ4v) is 1.92. The number of pyridine rings is 1. The van der Waals surface area contributed by atoms with Gasteiger partial charge in [0.25, 0.3) is 0 Å². The second-order valence-corrected chi connectivity index (χ2v) is 5.30. The molecule has 0 saturated carbocycles. The van der Waals surface area contributed by atoms with Crippen molar-refractivity contribution >= 4 is 0 Å². The van der Waals surface area contributed by atoms with Crippen molar-refractivity contribution in [3.05, 3.63) is 47.7 Å². The molecule has 0 aliphatic heterocycles. The molecule has 4 nitrogen and oxygen atoms in total. The molecule has 2 aromatic rings. The van der Waals surface area contributed by atoms with Crippen LogP contribution in [0.5, 0.6) is 5.75 Å². The van der Waals surface area contributed by atoms with Gasteiger partial charge in [-0.15, -0.1) is 0 Å². The molecule has 0 aliphatic carbocycles. The monoisotopic (exact) mass is 274 g/mol. The Balaban J connectivity index is 1.87. The fraction of sp³-hybridized carbons (Fsp3) is 0.438. The van der Waals surface area contributed by atoms with Crippen LogP contribution >= 0.6 is 0 Å². The first-order chi connectivity index (χ1) is 9.65. The zero-order valence-electron chi connectivity index (χ0n) is 12.3. The van der Waals surface area contributed by atoms with Gasteiger partial charge in [-0.05, 0) is 37.6 Å². The molecule has 0 spiro atoms. The maximum Gasteiger partial charge on any atom is 0.146 e. The Morgan fingerprint density at radius 1 is 1.40 bits per heavy atom. The Kier molecular flexibility index (Phi) is 5.18. The molecule has 0 aromatic carbocycles. The third-order valence-electron chi connectivity index (χ3n) is 2.96. The van der Waals surface area contributed by atoms with Crippen LogP contribution < -0.4 is 10.1 Å². The molecule has 0 atom stereocenters.